The molecular weight excluding hydrogens is 203 g/mol. The van der Waals surface area contributed by atoms with E-state index in [0.717, 1.165) is 0 Å². The van der Waals surface area contributed by atoms with Crippen LogP contribution in [0.25, 0.3) is 0 Å². The molecule has 5 heteroatoms. The molecule has 0 heterocycles. The van der Waals surface area contributed by atoms with Crippen molar-refractivity contribution in [3.8, 4) is 12.1 Å². The third kappa shape index (κ3) is 1.09. The van der Waals surface area contributed by atoms with Crippen molar-refractivity contribution in [3.05, 3.63) is 35.4 Å². The minimum Gasteiger partial charge on any atom is -0.287 e. The van der Waals surface area contributed by atoms with Crippen molar-refractivity contribution in [2.45, 2.75) is 5.41 Å². The molecule has 4 nitrogen and oxygen atoms in total. The van der Waals surface area contributed by atoms with Gasteiger partial charge in [0.15, 0.2) is 0 Å². The Balaban J connectivity index is 0.00000128. The van der Waals surface area contributed by atoms with Gasteiger partial charge in [-0.15, -0.1) is 0 Å². The van der Waals surface area contributed by atoms with Crippen LogP contribution in [0.15, 0.2) is 24.3 Å². The van der Waals surface area contributed by atoms with Crippen LogP contribution in [0.3, 0.4) is 0 Å². The molecule has 3 radical (unpaired) electrons. The summed E-state index contributed by atoms with van der Waals surface area (Å²) < 4.78 is 0. The molecule has 0 unspecified atom stereocenters. The fourth-order valence-electron chi connectivity index (χ4n) is 1.67. The van der Waals surface area contributed by atoms with Crippen LogP contribution in [0.2, 0.25) is 0 Å². The zero-order chi connectivity index (χ0) is 11.1. The summed E-state index contributed by atoms with van der Waals surface area (Å²) in [5, 5.41) is 17.8. The van der Waals surface area contributed by atoms with Gasteiger partial charge in [-0.3, -0.25) is 9.59 Å². The molecular formula is C11H4BN2O2. The van der Waals surface area contributed by atoms with Crippen molar-refractivity contribution < 1.29 is 9.59 Å². The van der Waals surface area contributed by atoms with E-state index in [2.05, 4.69) is 0 Å². The highest BCUT2D eigenvalue weighted by atomic mass is 16.2. The quantitative estimate of drug-likeness (QED) is 0.454. The van der Waals surface area contributed by atoms with E-state index in [0.29, 0.717) is 0 Å². The predicted molar refractivity (Wildman–Crippen MR) is 54.4 cm³/mol. The van der Waals surface area contributed by atoms with Gasteiger partial charge < -0.3 is 0 Å². The summed E-state index contributed by atoms with van der Waals surface area (Å²) in [6.45, 7) is 0. The highest BCUT2D eigenvalue weighted by Crippen LogP contribution is 2.35. The standard InChI is InChI=1S/C11H4N2O2.B/c12-5-11(6-13)8-4-2-1-3-7(8)9(14)10(11)15;/h1-4H;. The van der Waals surface area contributed by atoms with Crippen LogP contribution in [0.1, 0.15) is 15.9 Å². The highest BCUT2D eigenvalue weighted by Gasteiger charge is 2.52. The van der Waals surface area contributed by atoms with Gasteiger partial charge in [-0.05, 0) is 0 Å². The molecule has 73 valence electrons. The molecule has 0 aromatic heterocycles. The lowest BCUT2D eigenvalue weighted by molar-refractivity contribution is -0.116. The Morgan fingerprint density at radius 3 is 2.19 bits per heavy atom. The molecule has 0 amide bonds. The number of nitrogens with zero attached hydrogens (tertiary/aromatic N) is 2. The maximum atomic E-state index is 11.6. The minimum absolute atomic E-state index is 0. The maximum absolute atomic E-state index is 11.6. The van der Waals surface area contributed by atoms with Crippen molar-refractivity contribution in [3.63, 3.8) is 0 Å². The van der Waals surface area contributed by atoms with Gasteiger partial charge in [-0.25, -0.2) is 0 Å². The molecule has 0 fully saturated rings. The SMILES string of the molecule is N#CC1(C#N)C(=O)C(=O)c2ccccc21.[B]. The smallest absolute Gasteiger partial charge is 0.242 e. The summed E-state index contributed by atoms with van der Waals surface area (Å²) in [7, 11) is 0. The molecule has 2 rings (SSSR count). The van der Waals surface area contributed by atoms with Crippen molar-refractivity contribution in [2.75, 3.05) is 0 Å². The van der Waals surface area contributed by atoms with E-state index in [1.807, 2.05) is 0 Å². The van der Waals surface area contributed by atoms with Gasteiger partial charge in [0.05, 0.1) is 12.1 Å². The second kappa shape index (κ2) is 3.64. The topological polar surface area (TPSA) is 81.7 Å². The minimum atomic E-state index is -1.94. The Morgan fingerprint density at radius 1 is 1.06 bits per heavy atom. The Morgan fingerprint density at radius 2 is 1.62 bits per heavy atom. The maximum Gasteiger partial charge on any atom is 0.242 e. The van der Waals surface area contributed by atoms with E-state index in [9.17, 15) is 9.59 Å². The number of rotatable bonds is 0. The molecule has 1 aromatic rings. The number of carbonyl (C=O) groups excluding carboxylic acids is 2. The van der Waals surface area contributed by atoms with Crippen molar-refractivity contribution in [1.29, 1.82) is 10.5 Å². The summed E-state index contributed by atoms with van der Waals surface area (Å²) in [4.78, 5) is 23.0. The van der Waals surface area contributed by atoms with E-state index in [-0.39, 0.29) is 19.5 Å². The zero-order valence-electron chi connectivity index (χ0n) is 8.10. The second-order valence-electron chi connectivity index (χ2n) is 3.18. The summed E-state index contributed by atoms with van der Waals surface area (Å²) in [5.74, 6) is -1.71. The number of Topliss-reactive ketones (excluding diaryl/α,β-unsaturated/α-hetero) is 2. The van der Waals surface area contributed by atoms with E-state index in [1.165, 1.54) is 12.1 Å². The van der Waals surface area contributed by atoms with Crippen LogP contribution in [-0.4, -0.2) is 20.0 Å². The molecule has 1 aliphatic carbocycles. The first-order valence-electron chi connectivity index (χ1n) is 4.18. The van der Waals surface area contributed by atoms with Gasteiger partial charge in [-0.2, -0.15) is 10.5 Å². The molecule has 16 heavy (non-hydrogen) atoms. The molecule has 0 spiro atoms. The molecule has 0 aliphatic heterocycles. The van der Waals surface area contributed by atoms with E-state index in [4.69, 9.17) is 10.5 Å². The number of ketones is 2. The van der Waals surface area contributed by atoms with Gasteiger partial charge in [0.2, 0.25) is 17.0 Å². The van der Waals surface area contributed by atoms with Gasteiger partial charge >= 0.3 is 0 Å². The van der Waals surface area contributed by atoms with Crippen LogP contribution < -0.4 is 0 Å². The first-order chi connectivity index (χ1) is 7.17. The first kappa shape index (κ1) is 11.7. The summed E-state index contributed by atoms with van der Waals surface area (Å²) in [5.41, 5.74) is -1.58. The number of nitriles is 2. The summed E-state index contributed by atoms with van der Waals surface area (Å²) >= 11 is 0. The number of carbonyl (C=O) groups is 2. The van der Waals surface area contributed by atoms with Crippen LogP contribution in [-0.2, 0) is 10.2 Å². The van der Waals surface area contributed by atoms with Crippen LogP contribution in [0.4, 0.5) is 0 Å². The van der Waals surface area contributed by atoms with E-state index < -0.39 is 17.0 Å². The van der Waals surface area contributed by atoms with Gasteiger partial charge in [0.1, 0.15) is 0 Å². The molecule has 0 atom stereocenters. The van der Waals surface area contributed by atoms with Crippen LogP contribution in [0.5, 0.6) is 0 Å². The van der Waals surface area contributed by atoms with Crippen LogP contribution in [0, 0.1) is 22.7 Å². The summed E-state index contributed by atoms with van der Waals surface area (Å²) in [6, 6.07) is 9.36. The Labute approximate surface area is 93.7 Å². The third-order valence-corrected chi connectivity index (χ3v) is 2.46. The van der Waals surface area contributed by atoms with Gasteiger partial charge in [0.25, 0.3) is 0 Å². The Hall–Kier alpha value is -2.40. The molecule has 1 aromatic carbocycles. The summed E-state index contributed by atoms with van der Waals surface area (Å²) in [6.07, 6.45) is 0. The Kier molecular flexibility index (Phi) is 2.65. The van der Waals surface area contributed by atoms with Crippen molar-refractivity contribution in [2.24, 2.45) is 0 Å². The fraction of sp³-hybridized carbons (Fsp3) is 0.0909. The lowest BCUT2D eigenvalue weighted by Gasteiger charge is -2.07. The molecule has 0 N–H and O–H groups in total. The van der Waals surface area contributed by atoms with Crippen molar-refractivity contribution >= 4 is 20.0 Å². The van der Waals surface area contributed by atoms with Crippen LogP contribution >= 0.6 is 0 Å². The Bertz CT molecular complexity index is 552. The normalized spacial score (nSPS) is 15.6. The lowest BCUT2D eigenvalue weighted by Crippen LogP contribution is -2.30. The number of benzene rings is 1. The van der Waals surface area contributed by atoms with Gasteiger partial charge in [-0.1, -0.05) is 24.3 Å². The zero-order valence-corrected chi connectivity index (χ0v) is 8.10. The second-order valence-corrected chi connectivity index (χ2v) is 3.18. The number of hydrogen-bond acceptors (Lipinski definition) is 4. The lowest BCUT2D eigenvalue weighted by atomic mass is 9.84. The molecule has 0 saturated carbocycles. The van der Waals surface area contributed by atoms with Crippen molar-refractivity contribution in [1.82, 2.24) is 0 Å². The van der Waals surface area contributed by atoms with E-state index in [1.54, 1.807) is 24.3 Å². The fourth-order valence-corrected chi connectivity index (χ4v) is 1.67. The molecule has 0 bridgehead atoms. The number of hydrogen-bond donors (Lipinski definition) is 0. The average molecular weight is 207 g/mol. The third-order valence-electron chi connectivity index (χ3n) is 2.46. The highest BCUT2D eigenvalue weighted by molar-refractivity contribution is 6.51. The first-order valence-corrected chi connectivity index (χ1v) is 4.18. The predicted octanol–water partition coefficient (Wildman–Crippen LogP) is 0.356. The molecule has 0 saturated heterocycles. The van der Waals surface area contributed by atoms with Gasteiger partial charge in [0, 0.05) is 19.5 Å². The average Bonchev–Trinajstić information content (AvgIpc) is 2.51. The monoisotopic (exact) mass is 207 g/mol. The largest absolute Gasteiger partial charge is 0.287 e. The van der Waals surface area contributed by atoms with E-state index >= 15 is 0 Å². The molecule has 1 aliphatic rings. The number of fused-ring (bicyclic) bond motifs is 1.